The third-order valence-corrected chi connectivity index (χ3v) is 5.56. The van der Waals surface area contributed by atoms with Crippen LogP contribution in [0.4, 0.5) is 5.69 Å². The lowest BCUT2D eigenvalue weighted by atomic mass is 9.99. The molecule has 2 rings (SSSR count). The van der Waals surface area contributed by atoms with Crippen LogP contribution < -0.4 is 10.6 Å². The van der Waals surface area contributed by atoms with Gasteiger partial charge in [0.1, 0.15) is 0 Å². The van der Waals surface area contributed by atoms with Gasteiger partial charge in [-0.2, -0.15) is 0 Å². The quantitative estimate of drug-likeness (QED) is 0.557. The minimum Gasteiger partial charge on any atom is -0.379 e. The molecule has 29 heavy (non-hydrogen) atoms. The SMILES string of the molecule is CCCC[C@@H](CC)CNC(=O)C(=O)Nc1ccc(CCCN2CCOCC2)cc1. The summed E-state index contributed by atoms with van der Waals surface area (Å²) in [6.07, 6.45) is 6.50. The normalized spacial score (nSPS) is 15.7. The molecular formula is C23H37N3O3. The van der Waals surface area contributed by atoms with Crippen molar-refractivity contribution in [2.45, 2.75) is 52.4 Å². The summed E-state index contributed by atoms with van der Waals surface area (Å²) in [6, 6.07) is 7.77. The number of hydrogen-bond acceptors (Lipinski definition) is 4. The molecule has 2 N–H and O–H groups in total. The summed E-state index contributed by atoms with van der Waals surface area (Å²) < 4.78 is 5.37. The van der Waals surface area contributed by atoms with Crippen LogP contribution >= 0.6 is 0 Å². The number of unbranched alkanes of at least 4 members (excludes halogenated alkanes) is 1. The highest BCUT2D eigenvalue weighted by molar-refractivity contribution is 6.39. The molecule has 0 unspecified atom stereocenters. The molecule has 0 aliphatic carbocycles. The Hall–Kier alpha value is -1.92. The summed E-state index contributed by atoms with van der Waals surface area (Å²) in [5.41, 5.74) is 1.89. The van der Waals surface area contributed by atoms with Crippen LogP contribution in [0.2, 0.25) is 0 Å². The molecule has 2 amide bonds. The van der Waals surface area contributed by atoms with Crippen molar-refractivity contribution in [1.82, 2.24) is 10.2 Å². The number of carbonyl (C=O) groups is 2. The van der Waals surface area contributed by atoms with Gasteiger partial charge in [0, 0.05) is 25.3 Å². The molecule has 0 bridgehead atoms. The number of rotatable bonds is 11. The van der Waals surface area contributed by atoms with Gasteiger partial charge >= 0.3 is 11.8 Å². The highest BCUT2D eigenvalue weighted by Gasteiger charge is 2.15. The standard InChI is InChI=1S/C23H37N3O3/c1-3-5-7-19(4-2)18-24-22(27)23(28)25-21-11-9-20(10-12-21)8-6-13-26-14-16-29-17-15-26/h9-12,19H,3-8,13-18H2,1-2H3,(H,24,27)(H,25,28)/t19-/m1/s1. The second-order valence-corrected chi connectivity index (χ2v) is 7.84. The van der Waals surface area contributed by atoms with Gasteiger partial charge < -0.3 is 15.4 Å². The lowest BCUT2D eigenvalue weighted by molar-refractivity contribution is -0.136. The van der Waals surface area contributed by atoms with E-state index in [9.17, 15) is 9.59 Å². The highest BCUT2D eigenvalue weighted by atomic mass is 16.5. The Kier molecular flexibility index (Phi) is 10.7. The van der Waals surface area contributed by atoms with Gasteiger partial charge in [-0.1, -0.05) is 45.2 Å². The number of nitrogens with one attached hydrogen (secondary N) is 2. The van der Waals surface area contributed by atoms with Crippen molar-refractivity contribution < 1.29 is 14.3 Å². The molecule has 6 heteroatoms. The van der Waals surface area contributed by atoms with Crippen LogP contribution in [-0.4, -0.2) is 56.1 Å². The maximum absolute atomic E-state index is 12.1. The molecule has 6 nitrogen and oxygen atoms in total. The van der Waals surface area contributed by atoms with E-state index in [1.807, 2.05) is 24.3 Å². The topological polar surface area (TPSA) is 70.7 Å². The van der Waals surface area contributed by atoms with E-state index in [1.54, 1.807) is 0 Å². The van der Waals surface area contributed by atoms with Crippen LogP contribution in [0.1, 0.15) is 51.5 Å². The fourth-order valence-electron chi connectivity index (χ4n) is 3.53. The molecule has 1 saturated heterocycles. The summed E-state index contributed by atoms with van der Waals surface area (Å²) in [5, 5.41) is 5.46. The average Bonchev–Trinajstić information content (AvgIpc) is 2.75. The molecule has 1 heterocycles. The van der Waals surface area contributed by atoms with E-state index in [0.717, 1.165) is 71.4 Å². The Labute approximate surface area is 175 Å². The number of morpholine rings is 1. The van der Waals surface area contributed by atoms with Crippen molar-refractivity contribution in [2.75, 3.05) is 44.7 Å². The van der Waals surface area contributed by atoms with Gasteiger partial charge in [-0.3, -0.25) is 14.5 Å². The molecule has 1 atom stereocenters. The first-order valence-corrected chi connectivity index (χ1v) is 11.1. The number of anilines is 1. The molecule has 0 radical (unpaired) electrons. The van der Waals surface area contributed by atoms with Gasteiger partial charge in [-0.05, 0) is 49.4 Å². The number of aryl methyl sites for hydroxylation is 1. The van der Waals surface area contributed by atoms with Gasteiger partial charge in [0.15, 0.2) is 0 Å². The van der Waals surface area contributed by atoms with Gasteiger partial charge in [0.05, 0.1) is 13.2 Å². The first-order valence-electron chi connectivity index (χ1n) is 11.1. The van der Waals surface area contributed by atoms with Crippen LogP contribution in [0.25, 0.3) is 0 Å². The Balaban J connectivity index is 1.69. The number of nitrogens with zero attached hydrogens (tertiary/aromatic N) is 1. The molecule has 1 aromatic rings. The summed E-state index contributed by atoms with van der Waals surface area (Å²) >= 11 is 0. The summed E-state index contributed by atoms with van der Waals surface area (Å²) in [5.74, 6) is -0.728. The highest BCUT2D eigenvalue weighted by Crippen LogP contribution is 2.13. The molecule has 1 aliphatic heterocycles. The van der Waals surface area contributed by atoms with E-state index in [1.165, 1.54) is 5.56 Å². The Bertz CT molecular complexity index is 612. The average molecular weight is 404 g/mol. The third-order valence-electron chi connectivity index (χ3n) is 5.56. The molecule has 0 spiro atoms. The van der Waals surface area contributed by atoms with Gasteiger partial charge in [0.25, 0.3) is 0 Å². The van der Waals surface area contributed by atoms with E-state index in [-0.39, 0.29) is 0 Å². The number of carbonyl (C=O) groups excluding carboxylic acids is 2. The lowest BCUT2D eigenvalue weighted by Crippen LogP contribution is -2.38. The maximum Gasteiger partial charge on any atom is 0.313 e. The van der Waals surface area contributed by atoms with Crippen molar-refractivity contribution >= 4 is 17.5 Å². The van der Waals surface area contributed by atoms with Crippen LogP contribution in [0, 0.1) is 5.92 Å². The molecular weight excluding hydrogens is 366 g/mol. The zero-order chi connectivity index (χ0) is 20.9. The zero-order valence-corrected chi connectivity index (χ0v) is 18.0. The van der Waals surface area contributed by atoms with E-state index in [2.05, 4.69) is 29.4 Å². The first kappa shape index (κ1) is 23.4. The predicted molar refractivity (Wildman–Crippen MR) is 117 cm³/mol. The largest absolute Gasteiger partial charge is 0.379 e. The van der Waals surface area contributed by atoms with Gasteiger partial charge in [-0.25, -0.2) is 0 Å². The van der Waals surface area contributed by atoms with Crippen LogP contribution in [0.3, 0.4) is 0 Å². The number of benzene rings is 1. The Morgan fingerprint density at radius 3 is 2.45 bits per heavy atom. The van der Waals surface area contributed by atoms with Crippen LogP contribution in [0.5, 0.6) is 0 Å². The third kappa shape index (κ3) is 8.96. The van der Waals surface area contributed by atoms with Crippen molar-refractivity contribution in [3.05, 3.63) is 29.8 Å². The zero-order valence-electron chi connectivity index (χ0n) is 18.0. The summed E-state index contributed by atoms with van der Waals surface area (Å²) in [7, 11) is 0. The fraction of sp³-hybridized carbons (Fsp3) is 0.652. The van der Waals surface area contributed by atoms with E-state index >= 15 is 0 Å². The molecule has 0 aromatic heterocycles. The minimum absolute atomic E-state index is 0.434. The second kappa shape index (κ2) is 13.3. The van der Waals surface area contributed by atoms with Crippen molar-refractivity contribution in [1.29, 1.82) is 0 Å². The fourth-order valence-corrected chi connectivity index (χ4v) is 3.53. The van der Waals surface area contributed by atoms with Gasteiger partial charge in [-0.15, -0.1) is 0 Å². The number of ether oxygens (including phenoxy) is 1. The monoisotopic (exact) mass is 403 g/mol. The summed E-state index contributed by atoms with van der Waals surface area (Å²) in [4.78, 5) is 26.6. The van der Waals surface area contributed by atoms with Gasteiger partial charge in [0.2, 0.25) is 0 Å². The van der Waals surface area contributed by atoms with E-state index in [0.29, 0.717) is 18.2 Å². The molecule has 1 fully saturated rings. The van der Waals surface area contributed by atoms with Crippen LogP contribution in [-0.2, 0) is 20.7 Å². The number of amides is 2. The first-order chi connectivity index (χ1) is 14.1. The Morgan fingerprint density at radius 1 is 1.07 bits per heavy atom. The number of hydrogen-bond donors (Lipinski definition) is 2. The molecule has 1 aromatic carbocycles. The van der Waals surface area contributed by atoms with Crippen LogP contribution in [0.15, 0.2) is 24.3 Å². The summed E-state index contributed by atoms with van der Waals surface area (Å²) in [6.45, 7) is 9.63. The van der Waals surface area contributed by atoms with Crippen molar-refractivity contribution in [3.63, 3.8) is 0 Å². The van der Waals surface area contributed by atoms with E-state index in [4.69, 9.17) is 4.74 Å². The maximum atomic E-state index is 12.1. The predicted octanol–water partition coefficient (Wildman–Crippen LogP) is 3.22. The molecule has 1 aliphatic rings. The second-order valence-electron chi connectivity index (χ2n) is 7.84. The molecule has 162 valence electrons. The van der Waals surface area contributed by atoms with Crippen molar-refractivity contribution in [2.24, 2.45) is 5.92 Å². The van der Waals surface area contributed by atoms with E-state index < -0.39 is 11.8 Å². The minimum atomic E-state index is -0.601. The molecule has 0 saturated carbocycles. The van der Waals surface area contributed by atoms with Crippen molar-refractivity contribution in [3.8, 4) is 0 Å². The Morgan fingerprint density at radius 2 is 1.79 bits per heavy atom. The smallest absolute Gasteiger partial charge is 0.313 e. The lowest BCUT2D eigenvalue weighted by Gasteiger charge is -2.26.